The van der Waals surface area contributed by atoms with Gasteiger partial charge in [0.2, 0.25) is 0 Å². The summed E-state index contributed by atoms with van der Waals surface area (Å²) in [6.45, 7) is 1.10. The van der Waals surface area contributed by atoms with E-state index < -0.39 is 0 Å². The summed E-state index contributed by atoms with van der Waals surface area (Å²) < 4.78 is 5.50. The van der Waals surface area contributed by atoms with Crippen LogP contribution in [0, 0.1) is 11.3 Å². The largest absolute Gasteiger partial charge is 0.377 e. The van der Waals surface area contributed by atoms with Crippen molar-refractivity contribution in [3.8, 4) is 0 Å². The topological polar surface area (TPSA) is 9.23 Å². The van der Waals surface area contributed by atoms with Gasteiger partial charge in [0.25, 0.3) is 0 Å². The molecule has 0 aromatic heterocycles. The average molecular weight is 110 g/mol. The van der Waals surface area contributed by atoms with Crippen LogP contribution in [-0.4, -0.2) is 12.7 Å². The molecule has 1 aliphatic heterocycles. The summed E-state index contributed by atoms with van der Waals surface area (Å²) in [7, 11) is 0. The molecule has 8 heavy (non-hydrogen) atoms. The zero-order chi connectivity index (χ0) is 5.19. The first-order valence-corrected chi connectivity index (χ1v) is 3.52. The van der Waals surface area contributed by atoms with Gasteiger partial charge in [0.15, 0.2) is 0 Å². The summed E-state index contributed by atoms with van der Waals surface area (Å²) in [6, 6.07) is 0. The Balaban J connectivity index is 2.09. The molecular formula is C7H10O. The maximum absolute atomic E-state index is 5.50. The zero-order valence-corrected chi connectivity index (χ0v) is 4.89. The van der Waals surface area contributed by atoms with Crippen LogP contribution in [0.4, 0.5) is 0 Å². The van der Waals surface area contributed by atoms with Crippen LogP contribution in [0.25, 0.3) is 0 Å². The molecule has 0 amide bonds. The van der Waals surface area contributed by atoms with Gasteiger partial charge in [-0.3, -0.25) is 0 Å². The molecule has 0 aromatic rings. The quantitative estimate of drug-likeness (QED) is 0.455. The number of ether oxygens (including phenoxy) is 1. The van der Waals surface area contributed by atoms with Gasteiger partial charge in [-0.25, -0.2) is 0 Å². The van der Waals surface area contributed by atoms with Crippen molar-refractivity contribution >= 4 is 0 Å². The maximum Gasteiger partial charge on any atom is 0.0610 e. The van der Waals surface area contributed by atoms with Gasteiger partial charge >= 0.3 is 0 Å². The second-order valence-corrected chi connectivity index (χ2v) is 3.56. The van der Waals surface area contributed by atoms with Crippen molar-refractivity contribution in [1.82, 2.24) is 0 Å². The predicted molar refractivity (Wildman–Crippen MR) is 29.5 cm³/mol. The van der Waals surface area contributed by atoms with E-state index in [2.05, 4.69) is 0 Å². The van der Waals surface area contributed by atoms with Crippen LogP contribution in [0.15, 0.2) is 0 Å². The van der Waals surface area contributed by atoms with Crippen molar-refractivity contribution in [2.45, 2.75) is 25.4 Å². The molecule has 44 valence electrons. The van der Waals surface area contributed by atoms with Crippen molar-refractivity contribution in [2.24, 2.45) is 11.3 Å². The van der Waals surface area contributed by atoms with E-state index in [0.29, 0.717) is 6.10 Å². The lowest BCUT2D eigenvalue weighted by Gasteiger charge is -2.16. The molecule has 0 aromatic carbocycles. The molecule has 2 saturated carbocycles. The van der Waals surface area contributed by atoms with Crippen LogP contribution in [0.3, 0.4) is 0 Å². The molecule has 1 nitrogen and oxygen atoms in total. The van der Waals surface area contributed by atoms with E-state index in [0.717, 1.165) is 17.9 Å². The molecule has 2 aliphatic carbocycles. The Hall–Kier alpha value is -0.0400. The van der Waals surface area contributed by atoms with Crippen molar-refractivity contribution < 1.29 is 4.74 Å². The van der Waals surface area contributed by atoms with Gasteiger partial charge in [-0.05, 0) is 30.6 Å². The van der Waals surface area contributed by atoms with E-state index in [9.17, 15) is 0 Å². The smallest absolute Gasteiger partial charge is 0.0610 e. The summed E-state index contributed by atoms with van der Waals surface area (Å²) in [5.41, 5.74) is 0.755. The molecule has 1 saturated heterocycles. The van der Waals surface area contributed by atoms with Crippen LogP contribution in [-0.2, 0) is 4.74 Å². The fourth-order valence-electron chi connectivity index (χ4n) is 2.53. The maximum atomic E-state index is 5.50. The monoisotopic (exact) mass is 110 g/mol. The number of rotatable bonds is 0. The summed E-state index contributed by atoms with van der Waals surface area (Å²) in [4.78, 5) is 0. The van der Waals surface area contributed by atoms with E-state index in [4.69, 9.17) is 4.74 Å². The predicted octanol–water partition coefficient (Wildman–Crippen LogP) is 1.19. The first-order valence-electron chi connectivity index (χ1n) is 3.52. The molecule has 3 atom stereocenters. The second kappa shape index (κ2) is 0.860. The summed E-state index contributed by atoms with van der Waals surface area (Å²) in [6.07, 6.45) is 5.04. The van der Waals surface area contributed by atoms with Gasteiger partial charge in [-0.1, -0.05) is 0 Å². The lowest BCUT2D eigenvalue weighted by Crippen LogP contribution is -2.15. The highest BCUT2D eigenvalue weighted by Crippen LogP contribution is 2.68. The molecule has 2 unspecified atom stereocenters. The Morgan fingerprint density at radius 2 is 2.50 bits per heavy atom. The lowest BCUT2D eigenvalue weighted by molar-refractivity contribution is 0.0347. The molecule has 1 heteroatoms. The molecule has 3 aliphatic rings. The second-order valence-electron chi connectivity index (χ2n) is 3.56. The Kier molecular flexibility index (Phi) is 0.418. The highest BCUT2D eigenvalue weighted by atomic mass is 16.5. The molecule has 3 fully saturated rings. The highest BCUT2D eigenvalue weighted by Gasteiger charge is 2.66. The third-order valence-electron chi connectivity index (χ3n) is 3.21. The number of hydrogen-bond donors (Lipinski definition) is 0. The standard InChI is InChI=1S/C7H10O/c1-2-7-3-5(7)6(1)8-4-7/h5-6H,1-4H2/t5-,6?,7?/m0/s1. The van der Waals surface area contributed by atoms with Crippen molar-refractivity contribution in [3.05, 3.63) is 0 Å². The Morgan fingerprint density at radius 1 is 1.50 bits per heavy atom. The van der Waals surface area contributed by atoms with E-state index in [1.54, 1.807) is 0 Å². The first kappa shape index (κ1) is 3.89. The molecule has 0 radical (unpaired) electrons. The average Bonchev–Trinajstić information content (AvgIpc) is 2.31. The van der Waals surface area contributed by atoms with Crippen LogP contribution in [0.2, 0.25) is 0 Å². The van der Waals surface area contributed by atoms with Gasteiger partial charge in [0.05, 0.1) is 12.7 Å². The highest BCUT2D eigenvalue weighted by molar-refractivity contribution is 5.15. The van der Waals surface area contributed by atoms with Crippen LogP contribution in [0.1, 0.15) is 19.3 Å². The Morgan fingerprint density at radius 3 is 2.62 bits per heavy atom. The van der Waals surface area contributed by atoms with Crippen LogP contribution < -0.4 is 0 Å². The van der Waals surface area contributed by atoms with Crippen molar-refractivity contribution in [3.63, 3.8) is 0 Å². The van der Waals surface area contributed by atoms with Gasteiger partial charge < -0.3 is 4.74 Å². The lowest BCUT2D eigenvalue weighted by atomic mass is 10.1. The van der Waals surface area contributed by atoms with Crippen LogP contribution in [0.5, 0.6) is 0 Å². The fraction of sp³-hybridized carbons (Fsp3) is 1.00. The minimum atomic E-state index is 0.704. The zero-order valence-electron chi connectivity index (χ0n) is 4.89. The normalized spacial score (nSPS) is 66.0. The third kappa shape index (κ3) is 0.235. The van der Waals surface area contributed by atoms with E-state index >= 15 is 0 Å². The van der Waals surface area contributed by atoms with Crippen molar-refractivity contribution in [2.75, 3.05) is 6.61 Å². The van der Waals surface area contributed by atoms with Crippen molar-refractivity contribution in [1.29, 1.82) is 0 Å². The summed E-state index contributed by atoms with van der Waals surface area (Å²) in [5, 5.41) is 0. The molecular weight excluding hydrogens is 100 g/mol. The van der Waals surface area contributed by atoms with E-state index in [1.807, 2.05) is 0 Å². The minimum Gasteiger partial charge on any atom is -0.377 e. The molecule has 2 bridgehead atoms. The van der Waals surface area contributed by atoms with Gasteiger partial charge in [-0.2, -0.15) is 0 Å². The molecule has 0 N–H and O–H groups in total. The molecule has 0 spiro atoms. The van der Waals surface area contributed by atoms with E-state index in [-0.39, 0.29) is 0 Å². The molecule has 3 rings (SSSR count). The summed E-state index contributed by atoms with van der Waals surface area (Å²) >= 11 is 0. The third-order valence-corrected chi connectivity index (χ3v) is 3.21. The van der Waals surface area contributed by atoms with Crippen LogP contribution >= 0.6 is 0 Å². The Bertz CT molecular complexity index is 131. The fourth-order valence-corrected chi connectivity index (χ4v) is 2.53. The SMILES string of the molecule is C1CC23COC1[C@@H]2C3. The summed E-state index contributed by atoms with van der Waals surface area (Å²) in [5.74, 6) is 1.02. The van der Waals surface area contributed by atoms with E-state index in [1.165, 1.54) is 19.3 Å². The van der Waals surface area contributed by atoms with Gasteiger partial charge in [0.1, 0.15) is 0 Å². The number of hydrogen-bond acceptors (Lipinski definition) is 1. The minimum absolute atomic E-state index is 0.704. The Labute approximate surface area is 49.0 Å². The van der Waals surface area contributed by atoms with Gasteiger partial charge in [-0.15, -0.1) is 0 Å². The first-order chi connectivity index (χ1) is 3.91. The molecule has 1 heterocycles. The van der Waals surface area contributed by atoms with Gasteiger partial charge in [0, 0.05) is 0 Å².